The average molecular weight is 507 g/mol. The molecule has 6 unspecified atom stereocenters. The lowest BCUT2D eigenvalue weighted by atomic mass is 9.73. The molecule has 0 N–H and O–H groups in total. The molecule has 2 aliphatic heterocycles. The molecule has 2 fully saturated rings. The molecule has 0 aromatic heterocycles. The van der Waals surface area contributed by atoms with Crippen LogP contribution in [0, 0.1) is 10.8 Å². The van der Waals surface area contributed by atoms with Crippen LogP contribution in [-0.2, 0) is 14.2 Å². The first-order chi connectivity index (χ1) is 17.6. The second kappa shape index (κ2) is 12.5. The van der Waals surface area contributed by atoms with Gasteiger partial charge in [0.25, 0.3) is 0 Å². The van der Waals surface area contributed by atoms with Gasteiger partial charge in [0, 0.05) is 0 Å². The molecule has 3 nitrogen and oxygen atoms in total. The molecule has 2 heterocycles. The average Bonchev–Trinajstić information content (AvgIpc) is 3.75. The minimum Gasteiger partial charge on any atom is -0.370 e. The summed E-state index contributed by atoms with van der Waals surface area (Å²) in [5.41, 5.74) is 3.37. The van der Waals surface area contributed by atoms with Crippen molar-refractivity contribution in [3.63, 3.8) is 0 Å². The largest absolute Gasteiger partial charge is 0.370 e. The fourth-order valence-corrected chi connectivity index (χ4v) is 6.06. The molecule has 4 rings (SSSR count). The summed E-state index contributed by atoms with van der Waals surface area (Å²) >= 11 is 0. The topological polar surface area (TPSA) is 34.3 Å². The van der Waals surface area contributed by atoms with Crippen molar-refractivity contribution >= 4 is 0 Å². The minimum absolute atomic E-state index is 0.179. The van der Waals surface area contributed by atoms with Gasteiger partial charge < -0.3 is 14.2 Å². The smallest absolute Gasteiger partial charge is 0.107 e. The molecular formula is C34H50O3. The van der Waals surface area contributed by atoms with Crippen LogP contribution in [0.25, 0.3) is 0 Å². The first-order valence-corrected chi connectivity index (χ1v) is 14.6. The maximum absolute atomic E-state index is 6.79. The van der Waals surface area contributed by atoms with Gasteiger partial charge >= 0.3 is 0 Å². The molecule has 0 radical (unpaired) electrons. The highest BCUT2D eigenvalue weighted by atomic mass is 16.6. The van der Waals surface area contributed by atoms with Crippen molar-refractivity contribution in [3.8, 4) is 0 Å². The van der Waals surface area contributed by atoms with Crippen LogP contribution in [0.4, 0.5) is 0 Å². The minimum atomic E-state index is 0.179. The van der Waals surface area contributed by atoms with E-state index in [1.807, 2.05) is 0 Å². The van der Waals surface area contributed by atoms with E-state index in [2.05, 4.69) is 102 Å². The Morgan fingerprint density at radius 3 is 1.27 bits per heavy atom. The third-order valence-corrected chi connectivity index (χ3v) is 8.35. The lowest BCUT2D eigenvalue weighted by Crippen LogP contribution is -2.31. The molecule has 0 spiro atoms. The lowest BCUT2D eigenvalue weighted by molar-refractivity contribution is -0.0475. The van der Waals surface area contributed by atoms with Crippen molar-refractivity contribution < 1.29 is 14.2 Å². The van der Waals surface area contributed by atoms with Gasteiger partial charge in [-0.05, 0) is 59.5 Å². The molecular weight excluding hydrogens is 456 g/mol. The first-order valence-electron chi connectivity index (χ1n) is 14.6. The molecule has 0 amide bonds. The van der Waals surface area contributed by atoms with Gasteiger partial charge in [0.05, 0.1) is 25.4 Å². The molecule has 3 heteroatoms. The quantitative estimate of drug-likeness (QED) is 0.241. The molecule has 2 aromatic rings. The lowest BCUT2D eigenvalue weighted by Gasteiger charge is -2.32. The molecule has 0 bridgehead atoms. The molecule has 2 saturated heterocycles. The summed E-state index contributed by atoms with van der Waals surface area (Å²) in [6.07, 6.45) is 7.65. The summed E-state index contributed by atoms with van der Waals surface area (Å²) in [4.78, 5) is 0. The number of hydrogen-bond donors (Lipinski definition) is 0. The van der Waals surface area contributed by atoms with Gasteiger partial charge in [0.15, 0.2) is 0 Å². The van der Waals surface area contributed by atoms with E-state index in [0.717, 1.165) is 38.9 Å². The Bertz CT molecular complexity index is 842. The van der Waals surface area contributed by atoms with E-state index >= 15 is 0 Å². The van der Waals surface area contributed by atoms with Crippen LogP contribution >= 0.6 is 0 Å². The standard InChI is InChI=1S/C34H50O3/c1-33(2,3)27(25-15-9-7-10-16-25)19-13-21-29(31-23-35-31)37-30(32-24-36-32)22-14-20-28(34(4,5)6)26-17-11-8-12-18-26/h7-12,15-18,27-32H,13-14,19-24H2,1-6H3. The summed E-state index contributed by atoms with van der Waals surface area (Å²) < 4.78 is 18.3. The van der Waals surface area contributed by atoms with Crippen molar-refractivity contribution in [2.24, 2.45) is 10.8 Å². The van der Waals surface area contributed by atoms with E-state index in [4.69, 9.17) is 14.2 Å². The second-order valence-electron chi connectivity index (χ2n) is 13.5. The van der Waals surface area contributed by atoms with Crippen molar-refractivity contribution in [2.75, 3.05) is 13.2 Å². The number of epoxide rings is 2. The van der Waals surface area contributed by atoms with Crippen LogP contribution in [0.3, 0.4) is 0 Å². The number of ether oxygens (including phenoxy) is 3. The van der Waals surface area contributed by atoms with Gasteiger partial charge in [-0.1, -0.05) is 115 Å². The Kier molecular flexibility index (Phi) is 9.53. The van der Waals surface area contributed by atoms with E-state index < -0.39 is 0 Å². The Labute approximate surface area is 226 Å². The zero-order valence-corrected chi connectivity index (χ0v) is 24.1. The van der Waals surface area contributed by atoms with Crippen molar-refractivity contribution in [1.82, 2.24) is 0 Å². The van der Waals surface area contributed by atoms with Gasteiger partial charge in [-0.3, -0.25) is 0 Å². The summed E-state index contributed by atoms with van der Waals surface area (Å²) in [5, 5.41) is 0. The highest BCUT2D eigenvalue weighted by Crippen LogP contribution is 2.41. The van der Waals surface area contributed by atoms with Crippen molar-refractivity contribution in [2.45, 2.75) is 116 Å². The third kappa shape index (κ3) is 8.67. The van der Waals surface area contributed by atoms with E-state index in [0.29, 0.717) is 11.8 Å². The van der Waals surface area contributed by atoms with Gasteiger partial charge in [-0.15, -0.1) is 0 Å². The summed E-state index contributed by atoms with van der Waals surface area (Å²) in [6.45, 7) is 15.9. The predicted molar refractivity (Wildman–Crippen MR) is 153 cm³/mol. The Hall–Kier alpha value is -1.68. The molecule has 37 heavy (non-hydrogen) atoms. The van der Waals surface area contributed by atoms with Gasteiger partial charge in [0.1, 0.15) is 12.2 Å². The van der Waals surface area contributed by atoms with Crippen molar-refractivity contribution in [3.05, 3.63) is 71.8 Å². The molecule has 6 atom stereocenters. The summed E-state index contributed by atoms with van der Waals surface area (Å²) in [5.74, 6) is 1.09. The highest BCUT2D eigenvalue weighted by molar-refractivity contribution is 5.22. The van der Waals surface area contributed by atoms with Gasteiger partial charge in [-0.25, -0.2) is 0 Å². The maximum atomic E-state index is 6.79. The Morgan fingerprint density at radius 1 is 0.622 bits per heavy atom. The fourth-order valence-electron chi connectivity index (χ4n) is 6.06. The monoisotopic (exact) mass is 506 g/mol. The molecule has 204 valence electrons. The number of rotatable bonds is 14. The zero-order valence-electron chi connectivity index (χ0n) is 24.1. The fraction of sp³-hybridized carbons (Fsp3) is 0.647. The second-order valence-corrected chi connectivity index (χ2v) is 13.5. The molecule has 0 aliphatic carbocycles. The molecule has 0 saturated carbocycles. The van der Waals surface area contributed by atoms with Crippen LogP contribution in [0.5, 0.6) is 0 Å². The summed E-state index contributed by atoms with van der Waals surface area (Å²) in [7, 11) is 0. The van der Waals surface area contributed by atoms with Crippen LogP contribution in [-0.4, -0.2) is 37.6 Å². The molecule has 2 aromatic carbocycles. The van der Waals surface area contributed by atoms with Crippen LogP contribution < -0.4 is 0 Å². The normalized spacial score (nSPS) is 22.8. The van der Waals surface area contributed by atoms with Crippen molar-refractivity contribution in [1.29, 1.82) is 0 Å². The van der Waals surface area contributed by atoms with Gasteiger partial charge in [0.2, 0.25) is 0 Å². The number of hydrogen-bond acceptors (Lipinski definition) is 3. The highest BCUT2D eigenvalue weighted by Gasteiger charge is 2.40. The third-order valence-electron chi connectivity index (χ3n) is 8.35. The predicted octanol–water partition coefficient (Wildman–Crippen LogP) is 8.54. The van der Waals surface area contributed by atoms with E-state index in [-0.39, 0.29) is 35.2 Å². The van der Waals surface area contributed by atoms with Crippen LogP contribution in [0.15, 0.2) is 60.7 Å². The molecule has 2 aliphatic rings. The van der Waals surface area contributed by atoms with E-state index in [9.17, 15) is 0 Å². The SMILES string of the molecule is CC(C)(C)C(CCCC(OC(CCCC(c1ccccc1)C(C)(C)C)C1CO1)C1CO1)c1ccccc1. The Balaban J connectivity index is 1.32. The number of benzene rings is 2. The first kappa shape index (κ1) is 28.3. The maximum Gasteiger partial charge on any atom is 0.107 e. The Morgan fingerprint density at radius 2 is 0.973 bits per heavy atom. The zero-order chi connectivity index (χ0) is 26.5. The van der Waals surface area contributed by atoms with Gasteiger partial charge in [-0.2, -0.15) is 0 Å². The summed E-state index contributed by atoms with van der Waals surface area (Å²) in [6, 6.07) is 22.0. The van der Waals surface area contributed by atoms with E-state index in [1.165, 1.54) is 24.0 Å². The van der Waals surface area contributed by atoms with E-state index in [1.54, 1.807) is 0 Å². The van der Waals surface area contributed by atoms with Crippen LogP contribution in [0.2, 0.25) is 0 Å². The van der Waals surface area contributed by atoms with Crippen LogP contribution in [0.1, 0.15) is 103 Å².